The Labute approximate surface area is 107 Å². The maximum Gasteiger partial charge on any atom is 0.227 e. The third-order valence-electron chi connectivity index (χ3n) is 2.60. The van der Waals surface area contributed by atoms with Crippen LogP contribution < -0.4 is 11.1 Å². The number of carbonyl (C=O) groups excluding carboxylic acids is 1. The number of nitrogens with zero attached hydrogens (tertiary/aromatic N) is 1. The van der Waals surface area contributed by atoms with Gasteiger partial charge in [-0.3, -0.25) is 4.79 Å². The molecular weight excluding hydrogens is 238 g/mol. The van der Waals surface area contributed by atoms with Gasteiger partial charge in [-0.05, 0) is 38.4 Å². The van der Waals surface area contributed by atoms with Gasteiger partial charge in [-0.1, -0.05) is 18.5 Å². The van der Waals surface area contributed by atoms with Crippen molar-refractivity contribution in [1.82, 2.24) is 4.98 Å². The Morgan fingerprint density at radius 3 is 2.88 bits per heavy atom. The molecule has 3 N–H and O–H groups in total. The summed E-state index contributed by atoms with van der Waals surface area (Å²) in [6.45, 7) is 4.31. The number of rotatable bonds is 5. The first kappa shape index (κ1) is 13.9. The molecule has 0 saturated carbocycles. The van der Waals surface area contributed by atoms with Crippen LogP contribution in [0.4, 0.5) is 5.69 Å². The second-order valence-electron chi connectivity index (χ2n) is 4.09. The van der Waals surface area contributed by atoms with E-state index >= 15 is 0 Å². The zero-order valence-electron chi connectivity index (χ0n) is 10.2. The van der Waals surface area contributed by atoms with Crippen LogP contribution in [0.5, 0.6) is 0 Å². The lowest BCUT2D eigenvalue weighted by Gasteiger charge is -2.12. The average Bonchev–Trinajstić information content (AvgIpc) is 2.29. The molecule has 1 heterocycles. The molecule has 0 fully saturated rings. The number of anilines is 1. The maximum absolute atomic E-state index is 11.8. The lowest BCUT2D eigenvalue weighted by Crippen LogP contribution is -2.21. The van der Waals surface area contributed by atoms with Gasteiger partial charge < -0.3 is 11.1 Å². The fourth-order valence-electron chi connectivity index (χ4n) is 1.47. The summed E-state index contributed by atoms with van der Waals surface area (Å²) in [7, 11) is 0. The number of carbonyl (C=O) groups is 1. The molecule has 0 radical (unpaired) electrons. The molecule has 0 aliphatic rings. The van der Waals surface area contributed by atoms with E-state index in [1.807, 2.05) is 13.8 Å². The maximum atomic E-state index is 11.8. The molecule has 1 amide bonds. The number of aryl methyl sites for hydroxylation is 1. The molecule has 1 atom stereocenters. The summed E-state index contributed by atoms with van der Waals surface area (Å²) < 4.78 is 0. The minimum atomic E-state index is -0.0476. The van der Waals surface area contributed by atoms with E-state index in [-0.39, 0.29) is 11.8 Å². The van der Waals surface area contributed by atoms with E-state index in [1.54, 1.807) is 12.1 Å². The largest absolute Gasteiger partial charge is 0.330 e. The quantitative estimate of drug-likeness (QED) is 0.794. The number of pyridine rings is 1. The van der Waals surface area contributed by atoms with Crippen molar-refractivity contribution in [2.75, 3.05) is 11.9 Å². The predicted octanol–water partition coefficient (Wildman–Crippen LogP) is 2.36. The molecule has 0 bridgehead atoms. The fraction of sp³-hybridized carbons (Fsp3) is 0.500. The monoisotopic (exact) mass is 255 g/mol. The molecule has 1 unspecified atom stereocenters. The van der Waals surface area contributed by atoms with Crippen LogP contribution in [0.3, 0.4) is 0 Å². The zero-order chi connectivity index (χ0) is 12.8. The average molecular weight is 256 g/mol. The first-order chi connectivity index (χ1) is 8.04. The van der Waals surface area contributed by atoms with Crippen LogP contribution in [-0.4, -0.2) is 17.4 Å². The molecule has 0 aromatic carbocycles. The second-order valence-corrected chi connectivity index (χ2v) is 4.48. The number of nitrogens with one attached hydrogen (secondary N) is 1. The zero-order valence-corrected chi connectivity index (χ0v) is 10.9. The SMILES string of the molecule is Cc1nc(Cl)ccc1NC(=O)C(C)CCCN. The van der Waals surface area contributed by atoms with Crippen molar-refractivity contribution < 1.29 is 4.79 Å². The van der Waals surface area contributed by atoms with E-state index in [0.29, 0.717) is 17.4 Å². The van der Waals surface area contributed by atoms with Crippen molar-refractivity contribution >= 4 is 23.2 Å². The number of halogens is 1. The molecule has 0 aliphatic heterocycles. The highest BCUT2D eigenvalue weighted by Gasteiger charge is 2.13. The Bertz CT molecular complexity index is 395. The van der Waals surface area contributed by atoms with Crippen molar-refractivity contribution in [2.24, 2.45) is 11.7 Å². The lowest BCUT2D eigenvalue weighted by molar-refractivity contribution is -0.119. The molecule has 94 valence electrons. The molecule has 1 aromatic rings. The van der Waals surface area contributed by atoms with Crippen LogP contribution >= 0.6 is 11.6 Å². The third kappa shape index (κ3) is 4.32. The molecule has 0 saturated heterocycles. The smallest absolute Gasteiger partial charge is 0.227 e. The molecule has 17 heavy (non-hydrogen) atoms. The summed E-state index contributed by atoms with van der Waals surface area (Å²) in [6.07, 6.45) is 1.65. The number of nitrogens with two attached hydrogens (primary N) is 1. The second kappa shape index (κ2) is 6.57. The highest BCUT2D eigenvalue weighted by Crippen LogP contribution is 2.17. The van der Waals surface area contributed by atoms with Crippen LogP contribution in [0.25, 0.3) is 0 Å². The normalized spacial score (nSPS) is 12.2. The van der Waals surface area contributed by atoms with Crippen molar-refractivity contribution in [3.05, 3.63) is 23.0 Å². The first-order valence-corrected chi connectivity index (χ1v) is 6.06. The van der Waals surface area contributed by atoms with E-state index in [9.17, 15) is 4.79 Å². The van der Waals surface area contributed by atoms with Gasteiger partial charge in [0.15, 0.2) is 0 Å². The van der Waals surface area contributed by atoms with E-state index < -0.39 is 0 Å². The number of hydrogen-bond donors (Lipinski definition) is 2. The molecular formula is C12H18ClN3O. The van der Waals surface area contributed by atoms with Gasteiger partial charge in [0.2, 0.25) is 5.91 Å². The summed E-state index contributed by atoms with van der Waals surface area (Å²) in [5, 5.41) is 3.27. The van der Waals surface area contributed by atoms with Crippen LogP contribution in [0.1, 0.15) is 25.5 Å². The molecule has 0 aliphatic carbocycles. The Hall–Kier alpha value is -1.13. The van der Waals surface area contributed by atoms with Gasteiger partial charge in [0, 0.05) is 5.92 Å². The van der Waals surface area contributed by atoms with Gasteiger partial charge in [0.1, 0.15) is 5.15 Å². The summed E-state index contributed by atoms with van der Waals surface area (Å²) >= 11 is 5.75. The van der Waals surface area contributed by atoms with Crippen LogP contribution in [-0.2, 0) is 4.79 Å². The van der Waals surface area contributed by atoms with E-state index in [2.05, 4.69) is 10.3 Å². The lowest BCUT2D eigenvalue weighted by atomic mass is 10.0. The number of amides is 1. The Morgan fingerprint density at radius 1 is 1.59 bits per heavy atom. The highest BCUT2D eigenvalue weighted by atomic mass is 35.5. The van der Waals surface area contributed by atoms with Crippen LogP contribution in [0.15, 0.2) is 12.1 Å². The van der Waals surface area contributed by atoms with E-state index in [1.165, 1.54) is 0 Å². The molecule has 1 rings (SSSR count). The standard InChI is InChI=1S/C12H18ClN3O/c1-8(4-3-7-14)12(17)16-10-5-6-11(13)15-9(10)2/h5-6,8H,3-4,7,14H2,1-2H3,(H,16,17). The number of hydrogen-bond acceptors (Lipinski definition) is 3. The van der Waals surface area contributed by atoms with Gasteiger partial charge >= 0.3 is 0 Å². The summed E-state index contributed by atoms with van der Waals surface area (Å²) in [5.74, 6) is -0.0562. The summed E-state index contributed by atoms with van der Waals surface area (Å²) in [4.78, 5) is 15.9. The van der Waals surface area contributed by atoms with Gasteiger partial charge in [-0.25, -0.2) is 4.98 Å². The topological polar surface area (TPSA) is 68.0 Å². The number of aromatic nitrogens is 1. The Kier molecular flexibility index (Phi) is 5.38. The molecule has 5 heteroatoms. The van der Waals surface area contributed by atoms with Crippen molar-refractivity contribution in [3.8, 4) is 0 Å². The molecule has 1 aromatic heterocycles. The van der Waals surface area contributed by atoms with E-state index in [0.717, 1.165) is 18.5 Å². The van der Waals surface area contributed by atoms with Gasteiger partial charge in [0.25, 0.3) is 0 Å². The summed E-state index contributed by atoms with van der Waals surface area (Å²) in [6, 6.07) is 3.42. The third-order valence-corrected chi connectivity index (χ3v) is 2.81. The van der Waals surface area contributed by atoms with Gasteiger partial charge in [-0.2, -0.15) is 0 Å². The van der Waals surface area contributed by atoms with Gasteiger partial charge in [0.05, 0.1) is 11.4 Å². The van der Waals surface area contributed by atoms with Crippen molar-refractivity contribution in [1.29, 1.82) is 0 Å². The van der Waals surface area contributed by atoms with Crippen molar-refractivity contribution in [2.45, 2.75) is 26.7 Å². The Balaban J connectivity index is 2.61. The van der Waals surface area contributed by atoms with E-state index in [4.69, 9.17) is 17.3 Å². The van der Waals surface area contributed by atoms with Gasteiger partial charge in [-0.15, -0.1) is 0 Å². The molecule has 0 spiro atoms. The van der Waals surface area contributed by atoms with Crippen LogP contribution in [0.2, 0.25) is 5.15 Å². The molecule has 4 nitrogen and oxygen atoms in total. The first-order valence-electron chi connectivity index (χ1n) is 5.68. The van der Waals surface area contributed by atoms with Crippen molar-refractivity contribution in [3.63, 3.8) is 0 Å². The predicted molar refractivity (Wildman–Crippen MR) is 70.1 cm³/mol. The van der Waals surface area contributed by atoms with Crippen LogP contribution in [0, 0.1) is 12.8 Å². The highest BCUT2D eigenvalue weighted by molar-refractivity contribution is 6.29. The minimum absolute atomic E-state index is 0.00864. The Morgan fingerprint density at radius 2 is 2.29 bits per heavy atom. The minimum Gasteiger partial charge on any atom is -0.330 e. The fourth-order valence-corrected chi connectivity index (χ4v) is 1.66. The summed E-state index contributed by atoms with van der Waals surface area (Å²) in [5.41, 5.74) is 6.84.